The Morgan fingerprint density at radius 1 is 1.14 bits per heavy atom. The molecule has 0 saturated carbocycles. The highest BCUT2D eigenvalue weighted by molar-refractivity contribution is 5.88. The Balaban J connectivity index is 0.000000279. The third-order valence-electron chi connectivity index (χ3n) is 4.68. The van der Waals surface area contributed by atoms with Crippen LogP contribution >= 0.6 is 0 Å². The number of rotatable bonds is 1. The molecule has 2 aromatic heterocycles. The van der Waals surface area contributed by atoms with Crippen molar-refractivity contribution in [2.45, 2.75) is 38.3 Å². The molecule has 2 aliphatic rings. The van der Waals surface area contributed by atoms with Crippen LogP contribution in [0.25, 0.3) is 11.1 Å². The van der Waals surface area contributed by atoms with Crippen LogP contribution in [0.1, 0.15) is 30.6 Å². The number of carboxylic acid groups (broad SMARTS) is 1. The van der Waals surface area contributed by atoms with Gasteiger partial charge in [-0.05, 0) is 32.2 Å². The molecule has 1 aliphatic carbocycles. The first kappa shape index (κ1) is 20.2. The third kappa shape index (κ3) is 4.46. The number of halogens is 3. The molecular formula is C17H22F3N5O3. The lowest BCUT2D eigenvalue weighted by atomic mass is 9.98. The molecule has 8 nitrogen and oxygen atoms in total. The number of fused-ring (bicyclic) bond motifs is 3. The van der Waals surface area contributed by atoms with Crippen LogP contribution in [0.4, 0.5) is 24.9 Å². The number of nitrogens with zero attached hydrogens (tertiary/aromatic N) is 3. The van der Waals surface area contributed by atoms with Crippen LogP contribution in [0.2, 0.25) is 0 Å². The van der Waals surface area contributed by atoms with E-state index in [-0.39, 0.29) is 0 Å². The van der Waals surface area contributed by atoms with Crippen LogP contribution in [0.3, 0.4) is 0 Å². The van der Waals surface area contributed by atoms with E-state index in [0.29, 0.717) is 5.95 Å². The van der Waals surface area contributed by atoms with Gasteiger partial charge in [-0.1, -0.05) is 0 Å². The predicted molar refractivity (Wildman–Crippen MR) is 96.2 cm³/mol. The van der Waals surface area contributed by atoms with Crippen molar-refractivity contribution < 1.29 is 27.5 Å². The molecule has 28 heavy (non-hydrogen) atoms. The van der Waals surface area contributed by atoms with Gasteiger partial charge in [0.25, 0.3) is 0 Å². The van der Waals surface area contributed by atoms with Crippen molar-refractivity contribution in [3.63, 3.8) is 0 Å². The minimum Gasteiger partial charge on any atom is -0.475 e. The van der Waals surface area contributed by atoms with Crippen LogP contribution in [0.5, 0.6) is 0 Å². The van der Waals surface area contributed by atoms with Crippen molar-refractivity contribution in [3.05, 3.63) is 11.3 Å². The maximum absolute atomic E-state index is 10.6. The highest BCUT2D eigenvalue weighted by Gasteiger charge is 2.38. The lowest BCUT2D eigenvalue weighted by molar-refractivity contribution is -0.192. The molecule has 11 heteroatoms. The topological polar surface area (TPSA) is 118 Å². The van der Waals surface area contributed by atoms with Crippen molar-refractivity contribution >= 4 is 28.8 Å². The number of nitrogen functional groups attached to an aromatic ring is 1. The van der Waals surface area contributed by atoms with E-state index in [1.54, 1.807) is 0 Å². The molecule has 4 rings (SSSR count). The van der Waals surface area contributed by atoms with Crippen molar-refractivity contribution in [1.29, 1.82) is 0 Å². The molecule has 3 heterocycles. The first-order valence-electron chi connectivity index (χ1n) is 9.11. The predicted octanol–water partition coefficient (Wildman–Crippen LogP) is 2.12. The van der Waals surface area contributed by atoms with Gasteiger partial charge >= 0.3 is 12.1 Å². The summed E-state index contributed by atoms with van der Waals surface area (Å²) < 4.78 is 37.9. The Kier molecular flexibility index (Phi) is 5.92. The maximum atomic E-state index is 10.6. The van der Waals surface area contributed by atoms with Gasteiger partial charge in [-0.15, -0.1) is 0 Å². The number of nitrogens with two attached hydrogens (primary N) is 1. The summed E-state index contributed by atoms with van der Waals surface area (Å²) >= 11 is 0. The fourth-order valence-electron chi connectivity index (χ4n) is 3.39. The summed E-state index contributed by atoms with van der Waals surface area (Å²) in [5, 5.41) is 10.5. The van der Waals surface area contributed by atoms with E-state index in [2.05, 4.69) is 20.2 Å². The summed E-state index contributed by atoms with van der Waals surface area (Å²) in [6.07, 6.45) is 0.464. The van der Waals surface area contributed by atoms with Gasteiger partial charge in [-0.3, -0.25) is 0 Å². The highest BCUT2D eigenvalue weighted by atomic mass is 19.4. The molecule has 0 spiro atoms. The van der Waals surface area contributed by atoms with Gasteiger partial charge in [0.1, 0.15) is 11.3 Å². The number of hydrogen-bond acceptors (Lipinski definition) is 7. The quantitative estimate of drug-likeness (QED) is 0.665. The number of furan rings is 1. The molecule has 2 aromatic rings. The Hall–Kier alpha value is -2.56. The van der Waals surface area contributed by atoms with Gasteiger partial charge in [-0.2, -0.15) is 18.2 Å². The van der Waals surface area contributed by atoms with E-state index >= 15 is 0 Å². The average molecular weight is 401 g/mol. The van der Waals surface area contributed by atoms with Gasteiger partial charge in [0, 0.05) is 31.6 Å². The van der Waals surface area contributed by atoms with Crippen LogP contribution < -0.4 is 16.0 Å². The molecule has 0 atom stereocenters. The van der Waals surface area contributed by atoms with Crippen LogP contribution in [0, 0.1) is 0 Å². The normalized spacial score (nSPS) is 17.5. The number of aryl methyl sites for hydroxylation is 2. The first-order chi connectivity index (χ1) is 13.3. The second-order valence-electron chi connectivity index (χ2n) is 6.69. The largest absolute Gasteiger partial charge is 0.490 e. The molecular weight excluding hydrogens is 379 g/mol. The zero-order chi connectivity index (χ0) is 20.3. The second kappa shape index (κ2) is 8.21. The summed E-state index contributed by atoms with van der Waals surface area (Å²) in [4.78, 5) is 20.1. The van der Waals surface area contributed by atoms with E-state index < -0.39 is 12.1 Å². The monoisotopic (exact) mass is 401 g/mol. The molecule has 0 amide bonds. The fourth-order valence-corrected chi connectivity index (χ4v) is 3.39. The molecule has 0 radical (unpaired) electrons. The zero-order valence-corrected chi connectivity index (χ0v) is 15.2. The molecule has 4 N–H and O–H groups in total. The lowest BCUT2D eigenvalue weighted by Crippen LogP contribution is -2.29. The van der Waals surface area contributed by atoms with E-state index in [4.69, 9.17) is 20.1 Å². The molecule has 154 valence electrons. The molecule has 1 aliphatic heterocycles. The summed E-state index contributed by atoms with van der Waals surface area (Å²) in [5.74, 6) is -0.447. The second-order valence-corrected chi connectivity index (χ2v) is 6.69. The fraction of sp³-hybridized carbons (Fsp3) is 0.588. The number of alkyl halides is 3. The van der Waals surface area contributed by atoms with E-state index in [9.17, 15) is 13.2 Å². The van der Waals surface area contributed by atoms with E-state index in [1.165, 1.54) is 18.4 Å². The Morgan fingerprint density at radius 3 is 2.57 bits per heavy atom. The third-order valence-corrected chi connectivity index (χ3v) is 4.68. The van der Waals surface area contributed by atoms with Crippen LogP contribution in [0.15, 0.2) is 4.42 Å². The smallest absolute Gasteiger partial charge is 0.475 e. The van der Waals surface area contributed by atoms with E-state index in [1.807, 2.05) is 0 Å². The van der Waals surface area contributed by atoms with E-state index in [0.717, 1.165) is 68.1 Å². The summed E-state index contributed by atoms with van der Waals surface area (Å²) in [7, 11) is 0. The van der Waals surface area contributed by atoms with Crippen molar-refractivity contribution in [3.8, 4) is 0 Å². The molecule has 0 unspecified atom stereocenters. The maximum Gasteiger partial charge on any atom is 0.490 e. The Bertz CT molecular complexity index is 845. The minimum absolute atomic E-state index is 0.351. The van der Waals surface area contributed by atoms with Crippen molar-refractivity contribution in [2.24, 2.45) is 0 Å². The van der Waals surface area contributed by atoms with Crippen molar-refractivity contribution in [1.82, 2.24) is 15.3 Å². The highest BCUT2D eigenvalue weighted by Crippen LogP contribution is 2.35. The number of aliphatic carboxylic acids is 1. The molecule has 1 saturated heterocycles. The minimum atomic E-state index is -5.08. The average Bonchev–Trinajstić information content (AvgIpc) is 2.81. The van der Waals surface area contributed by atoms with Gasteiger partial charge in [-0.25, -0.2) is 9.78 Å². The van der Waals surface area contributed by atoms with Crippen molar-refractivity contribution in [2.75, 3.05) is 36.8 Å². The molecule has 0 aromatic carbocycles. The number of carboxylic acids is 1. The number of hydrogen-bond donors (Lipinski definition) is 3. The summed E-state index contributed by atoms with van der Waals surface area (Å²) in [6, 6.07) is 0. The Morgan fingerprint density at radius 2 is 1.86 bits per heavy atom. The van der Waals surface area contributed by atoms with Gasteiger partial charge in [0.2, 0.25) is 5.95 Å². The van der Waals surface area contributed by atoms with Crippen LogP contribution in [-0.2, 0) is 17.6 Å². The summed E-state index contributed by atoms with van der Waals surface area (Å²) in [5.41, 5.74) is 8.97. The lowest BCUT2D eigenvalue weighted by Gasteiger charge is -2.21. The van der Waals surface area contributed by atoms with Gasteiger partial charge in [0.15, 0.2) is 11.4 Å². The van der Waals surface area contributed by atoms with Crippen LogP contribution in [-0.4, -0.2) is 53.4 Å². The van der Waals surface area contributed by atoms with Gasteiger partial charge < -0.3 is 25.5 Å². The summed E-state index contributed by atoms with van der Waals surface area (Å²) in [6.45, 7) is 3.92. The number of nitrogens with one attached hydrogen (secondary N) is 1. The number of aromatic nitrogens is 2. The number of carbonyl (C=O) groups is 1. The first-order valence-corrected chi connectivity index (χ1v) is 9.11. The Labute approximate surface area is 158 Å². The van der Waals surface area contributed by atoms with Gasteiger partial charge in [0.05, 0.1) is 0 Å². The molecule has 0 bridgehead atoms. The molecule has 1 fully saturated rings. The SMILES string of the molecule is Nc1nc(N2CCCNCC2)c2oc3c(c2n1)CCCC3.O=C(O)C(F)(F)F. The zero-order valence-electron chi connectivity index (χ0n) is 15.2. The standard InChI is InChI=1S/C15H21N5O.C2HF3O2/c16-15-18-12-10-4-1-2-5-11(10)21-13(12)14(19-15)20-8-3-6-17-7-9-20;3-2(4,5)1(6)7/h17H,1-9H2,(H2,16,18,19);(H,6,7). The number of anilines is 2.